The topological polar surface area (TPSA) is 80.9 Å². The van der Waals surface area contributed by atoms with E-state index in [2.05, 4.69) is 15.3 Å². The summed E-state index contributed by atoms with van der Waals surface area (Å²) in [6.07, 6.45) is 3.99. The summed E-state index contributed by atoms with van der Waals surface area (Å²) >= 11 is 1.59. The predicted molar refractivity (Wildman–Crippen MR) is 94.1 cm³/mol. The lowest BCUT2D eigenvalue weighted by Gasteiger charge is -2.28. The Morgan fingerprint density at radius 1 is 1.30 bits per heavy atom. The van der Waals surface area contributed by atoms with Gasteiger partial charge in [0.2, 0.25) is 5.91 Å². The van der Waals surface area contributed by atoms with Gasteiger partial charge < -0.3 is 11.1 Å². The second kappa shape index (κ2) is 8.17. The van der Waals surface area contributed by atoms with Crippen molar-refractivity contribution in [3.05, 3.63) is 34.8 Å². The molecule has 23 heavy (non-hydrogen) atoms. The maximum Gasteiger partial charge on any atom is 0.227 e. The summed E-state index contributed by atoms with van der Waals surface area (Å²) in [6, 6.07) is 5.78. The normalized spacial score (nSPS) is 11.4. The standard InChI is InChI=1S/C17H24N4OS/c1-3-17(4-2,12-18)16(22)20-10-8-15-21-14(11-23-15)13-7-5-6-9-19-13/h5-7,9,11H,3-4,8,10,12,18H2,1-2H3,(H,20,22). The number of pyridine rings is 1. The molecule has 0 fully saturated rings. The minimum absolute atomic E-state index is 0.0477. The van der Waals surface area contributed by atoms with E-state index in [0.29, 0.717) is 13.1 Å². The second-order valence-corrected chi connectivity index (χ2v) is 6.48. The molecule has 124 valence electrons. The van der Waals surface area contributed by atoms with Crippen LogP contribution < -0.4 is 11.1 Å². The largest absolute Gasteiger partial charge is 0.355 e. The average molecular weight is 332 g/mol. The molecule has 0 unspecified atom stereocenters. The number of hydrogen-bond donors (Lipinski definition) is 2. The number of thiazole rings is 1. The fraction of sp³-hybridized carbons (Fsp3) is 0.471. The second-order valence-electron chi connectivity index (χ2n) is 5.54. The van der Waals surface area contributed by atoms with E-state index in [1.54, 1.807) is 17.5 Å². The van der Waals surface area contributed by atoms with Crippen LogP contribution in [0, 0.1) is 5.41 Å². The summed E-state index contributed by atoms with van der Waals surface area (Å²) in [7, 11) is 0. The van der Waals surface area contributed by atoms with Gasteiger partial charge in [0, 0.05) is 31.1 Å². The minimum Gasteiger partial charge on any atom is -0.355 e. The van der Waals surface area contributed by atoms with E-state index in [1.165, 1.54) is 0 Å². The van der Waals surface area contributed by atoms with Crippen molar-refractivity contribution in [1.82, 2.24) is 15.3 Å². The Morgan fingerprint density at radius 3 is 2.70 bits per heavy atom. The zero-order chi connectivity index (χ0) is 16.7. The van der Waals surface area contributed by atoms with Gasteiger partial charge >= 0.3 is 0 Å². The van der Waals surface area contributed by atoms with Gasteiger partial charge in [0.25, 0.3) is 0 Å². The number of aromatic nitrogens is 2. The van der Waals surface area contributed by atoms with E-state index in [-0.39, 0.29) is 5.91 Å². The van der Waals surface area contributed by atoms with Crippen molar-refractivity contribution in [1.29, 1.82) is 0 Å². The van der Waals surface area contributed by atoms with Crippen molar-refractivity contribution in [2.45, 2.75) is 33.1 Å². The average Bonchev–Trinajstić information content (AvgIpc) is 3.07. The summed E-state index contributed by atoms with van der Waals surface area (Å²) < 4.78 is 0. The Labute approximate surface area is 141 Å². The zero-order valence-electron chi connectivity index (χ0n) is 13.7. The van der Waals surface area contributed by atoms with E-state index < -0.39 is 5.41 Å². The van der Waals surface area contributed by atoms with Crippen molar-refractivity contribution in [3.63, 3.8) is 0 Å². The summed E-state index contributed by atoms with van der Waals surface area (Å²) in [5.41, 5.74) is 7.12. The third-order valence-corrected chi connectivity index (χ3v) is 5.24. The molecule has 2 aromatic heterocycles. The van der Waals surface area contributed by atoms with Gasteiger partial charge in [-0.15, -0.1) is 11.3 Å². The molecule has 0 saturated heterocycles. The molecular formula is C17H24N4OS. The fourth-order valence-electron chi connectivity index (χ4n) is 2.48. The first-order valence-corrected chi connectivity index (χ1v) is 8.87. The van der Waals surface area contributed by atoms with Crippen LogP contribution in [0.4, 0.5) is 0 Å². The molecule has 1 amide bonds. The van der Waals surface area contributed by atoms with Gasteiger partial charge in [0.15, 0.2) is 0 Å². The van der Waals surface area contributed by atoms with Gasteiger partial charge in [0.05, 0.1) is 21.8 Å². The molecule has 3 N–H and O–H groups in total. The molecule has 0 saturated carbocycles. The number of carbonyl (C=O) groups is 1. The monoisotopic (exact) mass is 332 g/mol. The quantitative estimate of drug-likeness (QED) is 0.778. The van der Waals surface area contributed by atoms with E-state index in [0.717, 1.165) is 35.7 Å². The van der Waals surface area contributed by atoms with E-state index in [9.17, 15) is 4.79 Å². The van der Waals surface area contributed by atoms with Gasteiger partial charge in [-0.1, -0.05) is 19.9 Å². The van der Waals surface area contributed by atoms with Crippen LogP contribution in [0.3, 0.4) is 0 Å². The van der Waals surface area contributed by atoms with Crippen LogP contribution in [-0.2, 0) is 11.2 Å². The van der Waals surface area contributed by atoms with Crippen molar-refractivity contribution in [2.24, 2.45) is 11.1 Å². The van der Waals surface area contributed by atoms with Crippen LogP contribution in [-0.4, -0.2) is 29.0 Å². The van der Waals surface area contributed by atoms with Crippen molar-refractivity contribution < 1.29 is 4.79 Å². The van der Waals surface area contributed by atoms with Gasteiger partial charge in [-0.2, -0.15) is 0 Å². The van der Waals surface area contributed by atoms with Gasteiger partial charge in [0.1, 0.15) is 0 Å². The molecule has 5 nitrogen and oxygen atoms in total. The summed E-state index contributed by atoms with van der Waals surface area (Å²) in [5.74, 6) is 0.0477. The number of nitrogens with zero attached hydrogens (tertiary/aromatic N) is 2. The molecule has 0 radical (unpaired) electrons. The lowest BCUT2D eigenvalue weighted by molar-refractivity contribution is -0.131. The van der Waals surface area contributed by atoms with E-state index in [1.807, 2.05) is 37.4 Å². The number of nitrogens with one attached hydrogen (secondary N) is 1. The highest BCUT2D eigenvalue weighted by Gasteiger charge is 2.32. The smallest absolute Gasteiger partial charge is 0.227 e. The Kier molecular flexibility index (Phi) is 6.24. The summed E-state index contributed by atoms with van der Waals surface area (Å²) in [4.78, 5) is 21.2. The number of carbonyl (C=O) groups excluding carboxylic acids is 1. The van der Waals surface area contributed by atoms with Crippen LogP contribution in [0.2, 0.25) is 0 Å². The molecule has 0 aliphatic carbocycles. The molecule has 2 aromatic rings. The molecule has 0 spiro atoms. The van der Waals surface area contributed by atoms with Crippen molar-refractivity contribution in [3.8, 4) is 11.4 Å². The first kappa shape index (κ1) is 17.6. The highest BCUT2D eigenvalue weighted by molar-refractivity contribution is 7.09. The molecule has 0 atom stereocenters. The Morgan fingerprint density at radius 2 is 2.09 bits per heavy atom. The summed E-state index contributed by atoms with van der Waals surface area (Å²) in [5, 5.41) is 6.01. The summed E-state index contributed by atoms with van der Waals surface area (Å²) in [6.45, 7) is 4.98. The van der Waals surface area contributed by atoms with Crippen molar-refractivity contribution >= 4 is 17.2 Å². The van der Waals surface area contributed by atoms with Crippen molar-refractivity contribution in [2.75, 3.05) is 13.1 Å². The van der Waals surface area contributed by atoms with Crippen LogP contribution in [0.1, 0.15) is 31.7 Å². The first-order valence-electron chi connectivity index (χ1n) is 7.99. The molecule has 0 aromatic carbocycles. The highest BCUT2D eigenvalue weighted by Crippen LogP contribution is 2.25. The number of nitrogens with two attached hydrogens (primary N) is 1. The van der Waals surface area contributed by atoms with Crippen LogP contribution in [0.15, 0.2) is 29.8 Å². The Bertz CT molecular complexity index is 614. The molecule has 0 aliphatic heterocycles. The number of rotatable bonds is 8. The molecule has 2 rings (SSSR count). The molecule has 2 heterocycles. The molecular weight excluding hydrogens is 308 g/mol. The maximum atomic E-state index is 12.4. The molecule has 6 heteroatoms. The highest BCUT2D eigenvalue weighted by atomic mass is 32.1. The Balaban J connectivity index is 1.90. The SMILES string of the molecule is CCC(CC)(CN)C(=O)NCCc1nc(-c2ccccn2)cs1. The third kappa shape index (κ3) is 4.14. The first-order chi connectivity index (χ1) is 11.1. The maximum absolute atomic E-state index is 12.4. The van der Waals surface area contributed by atoms with Gasteiger partial charge in [-0.05, 0) is 25.0 Å². The fourth-order valence-corrected chi connectivity index (χ4v) is 3.27. The van der Waals surface area contributed by atoms with Gasteiger partial charge in [-0.3, -0.25) is 9.78 Å². The van der Waals surface area contributed by atoms with Gasteiger partial charge in [-0.25, -0.2) is 4.98 Å². The molecule has 0 bridgehead atoms. The predicted octanol–water partition coefficient (Wildman–Crippen LogP) is 2.63. The van der Waals surface area contributed by atoms with Crippen LogP contribution in [0.25, 0.3) is 11.4 Å². The lowest BCUT2D eigenvalue weighted by atomic mass is 9.81. The Hall–Kier alpha value is -1.79. The van der Waals surface area contributed by atoms with Crippen LogP contribution in [0.5, 0.6) is 0 Å². The zero-order valence-corrected chi connectivity index (χ0v) is 14.5. The minimum atomic E-state index is -0.442. The number of amides is 1. The van der Waals surface area contributed by atoms with Crippen LogP contribution >= 0.6 is 11.3 Å². The van der Waals surface area contributed by atoms with E-state index in [4.69, 9.17) is 5.73 Å². The lowest BCUT2D eigenvalue weighted by Crippen LogP contribution is -2.45. The third-order valence-electron chi connectivity index (χ3n) is 4.33. The van der Waals surface area contributed by atoms with E-state index >= 15 is 0 Å². The number of hydrogen-bond acceptors (Lipinski definition) is 5. The molecule has 0 aliphatic rings.